The van der Waals surface area contributed by atoms with E-state index in [0.717, 1.165) is 12.1 Å². The number of amides is 1. The zero-order chi connectivity index (χ0) is 21.8. The normalized spacial score (nSPS) is 13.1. The summed E-state index contributed by atoms with van der Waals surface area (Å²) in [4.78, 5) is 13.2. The molecule has 0 aliphatic rings. The summed E-state index contributed by atoms with van der Waals surface area (Å²) in [5.74, 6) is 0.0664. The molecule has 0 spiro atoms. The Morgan fingerprint density at radius 1 is 0.935 bits per heavy atom. The number of nitrogens with zero attached hydrogens (tertiary/aromatic N) is 1. The third-order valence-electron chi connectivity index (χ3n) is 6.05. The number of fused-ring (bicyclic) bond motifs is 1. The molecule has 0 fully saturated rings. The first-order chi connectivity index (χ1) is 15.1. The van der Waals surface area contributed by atoms with Gasteiger partial charge in [0.05, 0.1) is 6.04 Å². The number of para-hydroxylation sites is 1. The van der Waals surface area contributed by atoms with Crippen LogP contribution in [0.2, 0.25) is 0 Å². The Labute approximate surface area is 184 Å². The number of hydrogen-bond donors (Lipinski definition) is 1. The van der Waals surface area contributed by atoms with E-state index in [1.54, 1.807) is 0 Å². The number of aryl methyl sites for hydroxylation is 2. The number of benzene rings is 3. The van der Waals surface area contributed by atoms with Gasteiger partial charge in [0.15, 0.2) is 0 Å². The van der Waals surface area contributed by atoms with Crippen molar-refractivity contribution in [1.29, 1.82) is 0 Å². The summed E-state index contributed by atoms with van der Waals surface area (Å²) in [6.07, 6.45) is 2.64. The summed E-state index contributed by atoms with van der Waals surface area (Å²) in [5, 5.41) is 4.43. The van der Waals surface area contributed by atoms with Crippen molar-refractivity contribution in [3.8, 4) is 0 Å². The van der Waals surface area contributed by atoms with Crippen molar-refractivity contribution >= 4 is 16.8 Å². The third kappa shape index (κ3) is 4.56. The molecule has 2 atom stereocenters. The fraction of sp³-hybridized carbons (Fsp3) is 0.250. The number of rotatable bonds is 7. The summed E-state index contributed by atoms with van der Waals surface area (Å²) in [7, 11) is 0. The predicted molar refractivity (Wildman–Crippen MR) is 128 cm³/mol. The monoisotopic (exact) mass is 410 g/mol. The lowest BCUT2D eigenvalue weighted by atomic mass is 9.87. The largest absolute Gasteiger partial charge is 0.350 e. The maximum Gasteiger partial charge on any atom is 0.221 e. The molecular formula is C28H30N2O. The third-order valence-corrected chi connectivity index (χ3v) is 6.05. The zero-order valence-electron chi connectivity index (χ0n) is 18.5. The van der Waals surface area contributed by atoms with Crippen molar-refractivity contribution in [2.45, 2.75) is 45.7 Å². The van der Waals surface area contributed by atoms with E-state index < -0.39 is 0 Å². The molecule has 0 saturated carbocycles. The Bertz CT molecular complexity index is 1180. The molecule has 1 N–H and O–H groups in total. The summed E-state index contributed by atoms with van der Waals surface area (Å²) >= 11 is 0. The number of aromatic nitrogens is 1. The van der Waals surface area contributed by atoms with E-state index in [9.17, 15) is 4.79 Å². The Kier molecular flexibility index (Phi) is 6.22. The molecule has 0 unspecified atom stereocenters. The van der Waals surface area contributed by atoms with E-state index >= 15 is 0 Å². The van der Waals surface area contributed by atoms with Gasteiger partial charge in [-0.25, -0.2) is 0 Å². The highest BCUT2D eigenvalue weighted by atomic mass is 16.1. The minimum atomic E-state index is -0.0242. The average molecular weight is 411 g/mol. The predicted octanol–water partition coefficient (Wildman–Crippen LogP) is 6.37. The van der Waals surface area contributed by atoms with Crippen molar-refractivity contribution in [3.63, 3.8) is 0 Å². The molecule has 31 heavy (non-hydrogen) atoms. The summed E-state index contributed by atoms with van der Waals surface area (Å²) in [5.41, 5.74) is 5.94. The van der Waals surface area contributed by atoms with Gasteiger partial charge in [0.2, 0.25) is 5.91 Å². The van der Waals surface area contributed by atoms with Crippen molar-refractivity contribution in [1.82, 2.24) is 9.88 Å². The van der Waals surface area contributed by atoms with Gasteiger partial charge in [0.25, 0.3) is 0 Å². The first-order valence-corrected chi connectivity index (χ1v) is 11.1. The average Bonchev–Trinajstić information content (AvgIpc) is 3.16. The lowest BCUT2D eigenvalue weighted by molar-refractivity contribution is -0.121. The molecule has 0 aliphatic heterocycles. The number of carbonyl (C=O) groups is 1. The number of carbonyl (C=O) groups excluding carboxylic acids is 1. The molecule has 1 amide bonds. The highest BCUT2D eigenvalue weighted by Crippen LogP contribution is 2.35. The van der Waals surface area contributed by atoms with Crippen LogP contribution >= 0.6 is 0 Å². The van der Waals surface area contributed by atoms with Crippen molar-refractivity contribution in [3.05, 3.63) is 107 Å². The summed E-state index contributed by atoms with van der Waals surface area (Å²) < 4.78 is 2.28. The highest BCUT2D eigenvalue weighted by molar-refractivity contribution is 5.86. The first kappa shape index (κ1) is 20.9. The van der Waals surface area contributed by atoms with Gasteiger partial charge in [0.1, 0.15) is 0 Å². The van der Waals surface area contributed by atoms with Crippen LogP contribution in [-0.2, 0) is 11.3 Å². The van der Waals surface area contributed by atoms with Crippen LogP contribution in [0.1, 0.15) is 54.5 Å². The molecule has 3 nitrogen and oxygen atoms in total. The summed E-state index contributed by atoms with van der Waals surface area (Å²) in [6, 6.07) is 27.1. The smallest absolute Gasteiger partial charge is 0.221 e. The van der Waals surface area contributed by atoms with Gasteiger partial charge in [-0.2, -0.15) is 0 Å². The Hall–Kier alpha value is -3.33. The van der Waals surface area contributed by atoms with E-state index in [-0.39, 0.29) is 17.9 Å². The molecule has 0 bridgehead atoms. The molecular weight excluding hydrogens is 380 g/mol. The van der Waals surface area contributed by atoms with E-state index in [4.69, 9.17) is 0 Å². The van der Waals surface area contributed by atoms with Crippen LogP contribution < -0.4 is 5.32 Å². The van der Waals surface area contributed by atoms with Crippen molar-refractivity contribution < 1.29 is 4.79 Å². The molecule has 3 aromatic carbocycles. The van der Waals surface area contributed by atoms with E-state index in [0.29, 0.717) is 6.42 Å². The molecule has 0 aliphatic carbocycles. The minimum absolute atomic E-state index is 0.000531. The Morgan fingerprint density at radius 2 is 1.65 bits per heavy atom. The molecule has 1 heterocycles. The fourth-order valence-electron chi connectivity index (χ4n) is 4.42. The van der Waals surface area contributed by atoms with Gasteiger partial charge in [-0.1, -0.05) is 78.4 Å². The second-order valence-corrected chi connectivity index (χ2v) is 8.26. The molecule has 1 aromatic heterocycles. The Balaban J connectivity index is 1.69. The standard InChI is InChI=1S/C28H30N2O/c1-4-30-19-26(24-15-8-9-16-27(24)30)25(23-14-10-11-20(2)17-23)18-28(31)29-21(3)22-12-6-5-7-13-22/h5-17,19,21,25H,4,18H2,1-3H3,(H,29,31)/t21-,25-/m1/s1. The number of nitrogens with one attached hydrogen (secondary N) is 1. The van der Waals surface area contributed by atoms with Crippen molar-refractivity contribution in [2.75, 3.05) is 0 Å². The van der Waals surface area contributed by atoms with E-state index in [2.05, 4.69) is 90.6 Å². The second kappa shape index (κ2) is 9.22. The minimum Gasteiger partial charge on any atom is -0.350 e. The summed E-state index contributed by atoms with van der Waals surface area (Å²) in [6.45, 7) is 7.20. The van der Waals surface area contributed by atoms with Gasteiger partial charge in [-0.3, -0.25) is 4.79 Å². The van der Waals surface area contributed by atoms with Crippen LogP contribution in [0, 0.1) is 6.92 Å². The molecule has 4 aromatic rings. The topological polar surface area (TPSA) is 34.0 Å². The van der Waals surface area contributed by atoms with Crippen LogP contribution in [0.4, 0.5) is 0 Å². The molecule has 3 heteroatoms. The molecule has 158 valence electrons. The van der Waals surface area contributed by atoms with E-state index in [1.807, 2.05) is 25.1 Å². The van der Waals surface area contributed by atoms with Gasteiger partial charge in [-0.15, -0.1) is 0 Å². The van der Waals surface area contributed by atoms with Crippen molar-refractivity contribution in [2.24, 2.45) is 0 Å². The van der Waals surface area contributed by atoms with Gasteiger partial charge >= 0.3 is 0 Å². The maximum atomic E-state index is 13.2. The zero-order valence-corrected chi connectivity index (χ0v) is 18.5. The van der Waals surface area contributed by atoms with Gasteiger partial charge in [-0.05, 0) is 43.5 Å². The second-order valence-electron chi connectivity index (χ2n) is 8.26. The van der Waals surface area contributed by atoms with Crippen LogP contribution in [0.15, 0.2) is 85.1 Å². The maximum absolute atomic E-state index is 13.2. The Morgan fingerprint density at radius 3 is 2.39 bits per heavy atom. The lowest BCUT2D eigenvalue weighted by Gasteiger charge is -2.20. The SMILES string of the molecule is CCn1cc([C@H](CC(=O)N[C@H](C)c2ccccc2)c2cccc(C)c2)c2ccccc21. The van der Waals surface area contributed by atoms with Gasteiger partial charge in [0, 0.05) is 36.0 Å². The quantitative estimate of drug-likeness (QED) is 0.377. The van der Waals surface area contributed by atoms with E-state index in [1.165, 1.54) is 27.6 Å². The van der Waals surface area contributed by atoms with Gasteiger partial charge < -0.3 is 9.88 Å². The highest BCUT2D eigenvalue weighted by Gasteiger charge is 2.23. The van der Waals surface area contributed by atoms with Crippen LogP contribution in [-0.4, -0.2) is 10.5 Å². The lowest BCUT2D eigenvalue weighted by Crippen LogP contribution is -2.28. The molecule has 4 rings (SSSR count). The molecule has 0 saturated heterocycles. The first-order valence-electron chi connectivity index (χ1n) is 11.1. The molecule has 0 radical (unpaired) electrons. The number of hydrogen-bond acceptors (Lipinski definition) is 1. The van der Waals surface area contributed by atoms with Crippen LogP contribution in [0.25, 0.3) is 10.9 Å². The fourth-order valence-corrected chi connectivity index (χ4v) is 4.42. The van der Waals surface area contributed by atoms with Crippen LogP contribution in [0.5, 0.6) is 0 Å². The van der Waals surface area contributed by atoms with Crippen LogP contribution in [0.3, 0.4) is 0 Å².